The number of para-hydroxylation sites is 1. The molecule has 0 bridgehead atoms. The van der Waals surface area contributed by atoms with Gasteiger partial charge >= 0.3 is 0 Å². The van der Waals surface area contributed by atoms with Crippen molar-refractivity contribution in [2.45, 2.75) is 25.8 Å². The predicted octanol–water partition coefficient (Wildman–Crippen LogP) is 4.29. The highest BCUT2D eigenvalue weighted by Crippen LogP contribution is 2.32. The van der Waals surface area contributed by atoms with E-state index in [1.54, 1.807) is 17.6 Å². The Morgan fingerprint density at radius 2 is 2.09 bits per heavy atom. The second kappa shape index (κ2) is 13.1. The Labute approximate surface area is 210 Å². The number of aldehydes is 1. The van der Waals surface area contributed by atoms with Crippen molar-refractivity contribution in [2.75, 3.05) is 25.2 Å². The Bertz CT molecular complexity index is 1220. The zero-order chi connectivity index (χ0) is 25.2. The number of amides is 1. The van der Waals surface area contributed by atoms with Crippen LogP contribution >= 0.6 is 22.9 Å². The van der Waals surface area contributed by atoms with Crippen LogP contribution in [-0.2, 0) is 24.3 Å². The molecule has 11 heteroatoms. The highest BCUT2D eigenvalue weighted by atomic mass is 32.1. The number of carbonyl (C=O) groups is 2. The average molecular weight is 519 g/mol. The summed E-state index contributed by atoms with van der Waals surface area (Å²) in [6.45, 7) is 1.26. The van der Waals surface area contributed by atoms with Crippen molar-refractivity contribution >= 4 is 50.4 Å². The summed E-state index contributed by atoms with van der Waals surface area (Å²) in [5.74, 6) is -0.446. The summed E-state index contributed by atoms with van der Waals surface area (Å²) < 4.78 is 16.3. The molecular formula is C24H27FN4O4S2. The van der Waals surface area contributed by atoms with Gasteiger partial charge in [-0.1, -0.05) is 35.8 Å². The molecule has 0 aliphatic carbocycles. The normalized spacial score (nSPS) is 12.3. The third-order valence-corrected chi connectivity index (χ3v) is 7.51. The van der Waals surface area contributed by atoms with Gasteiger partial charge in [-0.3, -0.25) is 9.59 Å². The molecule has 35 heavy (non-hydrogen) atoms. The second-order valence-electron chi connectivity index (χ2n) is 7.52. The standard InChI is InChI=1S/C17H18FN3O3S.C6H5NS.CH4O/c18-24-8-2-5-15-14(10-22)20-17(25-15)21-7-6-11-3-1-4-12(16(19)23)13(11)9-21;1-2-4-6-5(3-1)7-8-6;1-2/h1,3-4,10H,2,5-9H2,(H2,19,23);1-4,7H;2H,1H3. The minimum Gasteiger partial charge on any atom is -0.400 e. The lowest BCUT2D eigenvalue weighted by atomic mass is 9.95. The highest BCUT2D eigenvalue weighted by Gasteiger charge is 2.24. The molecule has 0 radical (unpaired) electrons. The number of aryl methyl sites for hydroxylation is 1. The van der Waals surface area contributed by atoms with E-state index in [0.29, 0.717) is 30.6 Å². The number of nitrogens with two attached hydrogens (primary N) is 1. The van der Waals surface area contributed by atoms with E-state index in [0.717, 1.165) is 47.5 Å². The number of aliphatic hydroxyl groups excluding tert-OH is 1. The molecule has 1 aliphatic rings. The number of fused-ring (bicyclic) bond motifs is 2. The Morgan fingerprint density at radius 1 is 1.29 bits per heavy atom. The number of anilines is 1. The zero-order valence-electron chi connectivity index (χ0n) is 19.2. The van der Waals surface area contributed by atoms with E-state index in [9.17, 15) is 14.1 Å². The summed E-state index contributed by atoms with van der Waals surface area (Å²) in [4.78, 5) is 33.8. The second-order valence-corrected chi connectivity index (χ2v) is 9.43. The molecule has 2 aromatic carbocycles. The van der Waals surface area contributed by atoms with Crippen LogP contribution in [0.1, 0.15) is 43.3 Å². The van der Waals surface area contributed by atoms with Crippen LogP contribution < -0.4 is 10.6 Å². The van der Waals surface area contributed by atoms with Crippen molar-refractivity contribution in [3.05, 3.63) is 69.7 Å². The smallest absolute Gasteiger partial charge is 0.249 e. The van der Waals surface area contributed by atoms with Gasteiger partial charge in [0.2, 0.25) is 5.91 Å². The van der Waals surface area contributed by atoms with Gasteiger partial charge < -0.3 is 20.1 Å². The van der Waals surface area contributed by atoms with Gasteiger partial charge in [0.05, 0.1) is 16.8 Å². The molecule has 1 aliphatic heterocycles. The van der Waals surface area contributed by atoms with Crippen molar-refractivity contribution in [2.24, 2.45) is 5.73 Å². The summed E-state index contributed by atoms with van der Waals surface area (Å²) >= 11 is 3.10. The molecule has 0 atom stereocenters. The van der Waals surface area contributed by atoms with E-state index in [4.69, 9.17) is 10.8 Å². The lowest BCUT2D eigenvalue weighted by Crippen LogP contribution is -2.32. The fourth-order valence-electron chi connectivity index (χ4n) is 3.72. The van der Waals surface area contributed by atoms with Crippen LogP contribution in [-0.4, -0.2) is 46.9 Å². The van der Waals surface area contributed by atoms with Crippen LogP contribution in [0.15, 0.2) is 42.5 Å². The van der Waals surface area contributed by atoms with Crippen molar-refractivity contribution in [3.8, 4) is 0 Å². The molecule has 5 rings (SSSR count). The number of aliphatic hydroxyl groups is 1. The fourth-order valence-corrected chi connectivity index (χ4v) is 5.44. The quantitative estimate of drug-likeness (QED) is 0.248. The number of rotatable bonds is 7. The third-order valence-electron chi connectivity index (χ3n) is 5.42. The Hall–Kier alpha value is -3.12. The van der Waals surface area contributed by atoms with Crippen LogP contribution in [0.4, 0.5) is 9.66 Å². The summed E-state index contributed by atoms with van der Waals surface area (Å²) in [5.41, 5.74) is 9.67. The Kier molecular flexibility index (Phi) is 9.91. The van der Waals surface area contributed by atoms with Gasteiger partial charge in [0, 0.05) is 30.6 Å². The Morgan fingerprint density at radius 3 is 2.69 bits per heavy atom. The number of hydrogen-bond donors (Lipinski definition) is 3. The number of thiazole rings is 1. The molecule has 0 saturated carbocycles. The first-order chi connectivity index (χ1) is 17.1. The monoisotopic (exact) mass is 518 g/mol. The van der Waals surface area contributed by atoms with Gasteiger partial charge in [-0.05, 0) is 53.1 Å². The molecule has 0 fully saturated rings. The number of primary amides is 1. The van der Waals surface area contributed by atoms with E-state index in [1.807, 2.05) is 29.2 Å². The van der Waals surface area contributed by atoms with Gasteiger partial charge in [0.15, 0.2) is 11.4 Å². The van der Waals surface area contributed by atoms with Crippen molar-refractivity contribution < 1.29 is 24.2 Å². The minimum atomic E-state index is -0.446. The average Bonchev–Trinajstić information content (AvgIpc) is 3.29. The van der Waals surface area contributed by atoms with Crippen LogP contribution in [0.5, 0.6) is 0 Å². The van der Waals surface area contributed by atoms with E-state index in [1.165, 1.54) is 21.6 Å². The van der Waals surface area contributed by atoms with Crippen LogP contribution in [0.2, 0.25) is 0 Å². The molecular weight excluding hydrogens is 491 g/mol. The molecule has 2 aromatic heterocycles. The molecule has 0 saturated heterocycles. The van der Waals surface area contributed by atoms with Crippen LogP contribution in [0, 0.1) is 0 Å². The third kappa shape index (κ3) is 6.51. The summed E-state index contributed by atoms with van der Waals surface area (Å²) in [6, 6.07) is 13.8. The first-order valence-corrected chi connectivity index (χ1v) is 12.5. The number of carbonyl (C=O) groups excluding carboxylic acids is 2. The number of aromatic nitrogens is 2. The summed E-state index contributed by atoms with van der Waals surface area (Å²) in [5, 5.41) is 7.73. The number of benzene rings is 2. The van der Waals surface area contributed by atoms with E-state index < -0.39 is 5.91 Å². The maximum atomic E-state index is 11.8. The van der Waals surface area contributed by atoms with Gasteiger partial charge in [-0.2, -0.15) is 4.94 Å². The SMILES string of the molecule is CO.NC(=O)c1cccc2c1CN(c1nc(C=O)c(CCCOF)s1)CC2.c1ccc2s[nH]c2c1. The topological polar surface area (TPSA) is 122 Å². The molecule has 8 nitrogen and oxygen atoms in total. The van der Waals surface area contributed by atoms with Crippen molar-refractivity contribution in [1.82, 2.24) is 9.36 Å². The molecule has 4 N–H and O–H groups in total. The summed E-state index contributed by atoms with van der Waals surface area (Å²) in [7, 11) is 1.00. The molecule has 1 amide bonds. The first kappa shape index (κ1) is 26.5. The molecule has 4 aromatic rings. The largest absolute Gasteiger partial charge is 0.400 e. The number of hydrogen-bond acceptors (Lipinski definition) is 8. The van der Waals surface area contributed by atoms with E-state index in [2.05, 4.69) is 26.4 Å². The van der Waals surface area contributed by atoms with E-state index >= 15 is 0 Å². The molecule has 0 unspecified atom stereocenters. The molecule has 3 heterocycles. The summed E-state index contributed by atoms with van der Waals surface area (Å²) in [6.07, 6.45) is 2.51. The van der Waals surface area contributed by atoms with Gasteiger partial charge in [0.25, 0.3) is 0 Å². The zero-order valence-corrected chi connectivity index (χ0v) is 20.8. The number of aromatic amines is 1. The molecule has 186 valence electrons. The van der Waals surface area contributed by atoms with Crippen LogP contribution in [0.25, 0.3) is 10.2 Å². The van der Waals surface area contributed by atoms with Gasteiger partial charge in [-0.25, -0.2) is 4.98 Å². The number of nitrogens with one attached hydrogen (secondary N) is 1. The van der Waals surface area contributed by atoms with E-state index in [-0.39, 0.29) is 6.61 Å². The minimum absolute atomic E-state index is 0.00933. The highest BCUT2D eigenvalue weighted by molar-refractivity contribution is 7.16. The Balaban J connectivity index is 0.000000283. The number of nitrogens with zero attached hydrogens (tertiary/aromatic N) is 2. The predicted molar refractivity (Wildman–Crippen MR) is 137 cm³/mol. The lowest BCUT2D eigenvalue weighted by molar-refractivity contribution is -0.132. The number of halogens is 1. The van der Waals surface area contributed by atoms with Crippen molar-refractivity contribution in [3.63, 3.8) is 0 Å². The molecule has 0 spiro atoms. The van der Waals surface area contributed by atoms with Gasteiger partial charge in [0.1, 0.15) is 5.69 Å². The fraction of sp³-hybridized carbons (Fsp3) is 0.292. The van der Waals surface area contributed by atoms with Crippen LogP contribution in [0.3, 0.4) is 0 Å². The number of H-pyrrole nitrogens is 1. The van der Waals surface area contributed by atoms with Crippen molar-refractivity contribution in [1.29, 1.82) is 0 Å². The first-order valence-electron chi connectivity index (χ1n) is 10.9. The maximum absolute atomic E-state index is 11.8. The maximum Gasteiger partial charge on any atom is 0.249 e. The van der Waals surface area contributed by atoms with Gasteiger partial charge in [-0.15, -0.1) is 11.3 Å². The lowest BCUT2D eigenvalue weighted by Gasteiger charge is -2.29.